The van der Waals surface area contributed by atoms with Crippen LogP contribution >= 0.6 is 0 Å². The van der Waals surface area contributed by atoms with Crippen LogP contribution in [-0.2, 0) is 4.79 Å². The van der Waals surface area contributed by atoms with Crippen molar-refractivity contribution in [2.24, 2.45) is 0 Å². The number of nitrogens with zero attached hydrogens (tertiary/aromatic N) is 2. The topological polar surface area (TPSA) is 96.2 Å². The predicted molar refractivity (Wildman–Crippen MR) is 100 cm³/mol. The van der Waals surface area contributed by atoms with E-state index in [0.29, 0.717) is 5.56 Å². The third-order valence-electron chi connectivity index (χ3n) is 4.45. The van der Waals surface area contributed by atoms with Crippen LogP contribution < -0.4 is 10.6 Å². The van der Waals surface area contributed by atoms with E-state index >= 15 is 0 Å². The molecule has 146 valence electrons. The number of nitrogens with one attached hydrogen (secondary N) is 2. The number of para-hydroxylation sites is 1. The van der Waals surface area contributed by atoms with Crippen LogP contribution in [-0.4, -0.2) is 26.8 Å². The third-order valence-corrected chi connectivity index (χ3v) is 4.45. The van der Waals surface area contributed by atoms with Crippen molar-refractivity contribution in [1.29, 1.82) is 0 Å². The van der Waals surface area contributed by atoms with Gasteiger partial charge in [-0.15, -0.1) is 0 Å². The van der Waals surface area contributed by atoms with Gasteiger partial charge in [0.15, 0.2) is 0 Å². The molecule has 1 aromatic heterocycles. The van der Waals surface area contributed by atoms with Crippen molar-refractivity contribution in [3.63, 3.8) is 0 Å². The highest BCUT2D eigenvalue weighted by atomic mass is 19.1. The number of carboxylic acid groups (broad SMARTS) is 1. The monoisotopic (exact) mass is 396 g/mol. The Hall–Kier alpha value is -4.01. The molecule has 0 spiro atoms. The lowest BCUT2D eigenvalue weighted by molar-refractivity contribution is -0.132. The Labute approximate surface area is 163 Å². The molecule has 0 unspecified atom stereocenters. The van der Waals surface area contributed by atoms with E-state index < -0.39 is 29.6 Å². The minimum atomic E-state index is -1.23. The first kappa shape index (κ1) is 18.4. The van der Waals surface area contributed by atoms with Crippen LogP contribution in [0, 0.1) is 11.6 Å². The number of carboxylic acids is 1. The molecule has 2 aromatic carbocycles. The molecular formula is C20H14F2N4O3. The predicted octanol–water partition coefficient (Wildman–Crippen LogP) is 3.40. The highest BCUT2D eigenvalue weighted by Gasteiger charge is 2.29. The molecule has 0 bridgehead atoms. The Kier molecular flexibility index (Phi) is 4.55. The van der Waals surface area contributed by atoms with Gasteiger partial charge in [-0.25, -0.2) is 18.3 Å². The number of halogens is 2. The number of rotatable bonds is 4. The first-order valence-electron chi connectivity index (χ1n) is 8.55. The molecule has 0 radical (unpaired) electrons. The fourth-order valence-electron chi connectivity index (χ4n) is 3.04. The molecule has 7 nitrogen and oxygen atoms in total. The second kappa shape index (κ2) is 7.19. The van der Waals surface area contributed by atoms with Crippen molar-refractivity contribution >= 4 is 23.4 Å². The van der Waals surface area contributed by atoms with E-state index in [4.69, 9.17) is 0 Å². The fraction of sp³-hybridized carbons (Fsp3) is 0.0500. The van der Waals surface area contributed by atoms with E-state index in [2.05, 4.69) is 15.7 Å². The van der Waals surface area contributed by atoms with Gasteiger partial charge in [-0.3, -0.25) is 4.79 Å². The van der Waals surface area contributed by atoms with Gasteiger partial charge in [0.05, 0.1) is 17.9 Å². The number of carbonyl (C=O) groups excluding carboxylic acids is 1. The first-order chi connectivity index (χ1) is 13.9. The average Bonchev–Trinajstić information content (AvgIpc) is 3.14. The molecule has 4 rings (SSSR count). The van der Waals surface area contributed by atoms with E-state index in [1.165, 1.54) is 59.4 Å². The van der Waals surface area contributed by atoms with Crippen LogP contribution in [0.5, 0.6) is 0 Å². The lowest BCUT2D eigenvalue weighted by Gasteiger charge is -2.24. The molecule has 1 aliphatic heterocycles. The zero-order chi connectivity index (χ0) is 20.5. The number of anilines is 2. The van der Waals surface area contributed by atoms with Gasteiger partial charge in [0.2, 0.25) is 0 Å². The molecule has 29 heavy (non-hydrogen) atoms. The standard InChI is InChI=1S/C20H14F2N4O3/c21-12-7-5-11(6-8-12)17-9-16(20(28)29)24-18-13(10-23-26(17)18)19(27)25-15-4-2-1-3-14(15)22/h1-10,17,24H,(H,25,27)(H,28,29)/t17-/m1/s1. The van der Waals surface area contributed by atoms with Gasteiger partial charge in [-0.1, -0.05) is 24.3 Å². The summed E-state index contributed by atoms with van der Waals surface area (Å²) in [5.41, 5.74) is 0.439. The number of allylic oxidation sites excluding steroid dienone is 1. The largest absolute Gasteiger partial charge is 0.477 e. The zero-order valence-electron chi connectivity index (χ0n) is 14.8. The number of hydrogen-bond acceptors (Lipinski definition) is 4. The zero-order valence-corrected chi connectivity index (χ0v) is 14.8. The Balaban J connectivity index is 1.73. The number of aliphatic carboxylic acids is 1. The summed E-state index contributed by atoms with van der Waals surface area (Å²) in [7, 11) is 0. The molecule has 0 aliphatic carbocycles. The quantitative estimate of drug-likeness (QED) is 0.628. The molecule has 0 fully saturated rings. The van der Waals surface area contributed by atoms with Crippen molar-refractivity contribution in [2.45, 2.75) is 6.04 Å². The van der Waals surface area contributed by atoms with E-state index in [1.54, 1.807) is 6.07 Å². The summed E-state index contributed by atoms with van der Waals surface area (Å²) in [4.78, 5) is 24.2. The van der Waals surface area contributed by atoms with Crippen LogP contribution in [0.4, 0.5) is 20.3 Å². The number of amides is 1. The average molecular weight is 396 g/mol. The highest BCUT2D eigenvalue weighted by molar-refractivity contribution is 6.08. The summed E-state index contributed by atoms with van der Waals surface area (Å²) < 4.78 is 28.5. The molecule has 3 aromatic rings. The number of fused-ring (bicyclic) bond motifs is 1. The van der Waals surface area contributed by atoms with Gasteiger partial charge in [0.1, 0.15) is 28.7 Å². The molecular weight excluding hydrogens is 382 g/mol. The minimum absolute atomic E-state index is 0.0163. The maximum atomic E-state index is 13.8. The van der Waals surface area contributed by atoms with Gasteiger partial charge < -0.3 is 15.7 Å². The first-order valence-corrected chi connectivity index (χ1v) is 8.55. The van der Waals surface area contributed by atoms with Crippen LogP contribution in [0.15, 0.2) is 66.5 Å². The van der Waals surface area contributed by atoms with Crippen LogP contribution in [0.2, 0.25) is 0 Å². The number of hydrogen-bond donors (Lipinski definition) is 3. The molecule has 1 aliphatic rings. The Morgan fingerprint density at radius 2 is 1.83 bits per heavy atom. The van der Waals surface area contributed by atoms with Gasteiger partial charge >= 0.3 is 5.97 Å². The molecule has 3 N–H and O–H groups in total. The van der Waals surface area contributed by atoms with Gasteiger partial charge in [-0.05, 0) is 35.9 Å². The Morgan fingerprint density at radius 1 is 1.10 bits per heavy atom. The van der Waals surface area contributed by atoms with E-state index in [9.17, 15) is 23.5 Å². The summed E-state index contributed by atoms with van der Waals surface area (Å²) in [6.07, 6.45) is 2.67. The Morgan fingerprint density at radius 3 is 2.52 bits per heavy atom. The molecule has 1 atom stereocenters. The lowest BCUT2D eigenvalue weighted by atomic mass is 10.0. The van der Waals surface area contributed by atoms with Crippen LogP contribution in [0.1, 0.15) is 22.0 Å². The summed E-state index contributed by atoms with van der Waals surface area (Å²) in [6.45, 7) is 0. The van der Waals surface area contributed by atoms with Crippen LogP contribution in [0.3, 0.4) is 0 Å². The second-order valence-corrected chi connectivity index (χ2v) is 6.29. The van der Waals surface area contributed by atoms with Crippen molar-refractivity contribution in [3.05, 3.63) is 89.3 Å². The van der Waals surface area contributed by atoms with E-state index in [0.717, 1.165) is 0 Å². The SMILES string of the molecule is O=C(O)C1=C[C@H](c2ccc(F)cc2)n2ncc(C(=O)Nc3ccccc3F)c2N1. The maximum absolute atomic E-state index is 13.8. The van der Waals surface area contributed by atoms with Gasteiger partial charge in [0, 0.05) is 0 Å². The van der Waals surface area contributed by atoms with Crippen LogP contribution in [0.25, 0.3) is 0 Å². The van der Waals surface area contributed by atoms with E-state index in [-0.39, 0.29) is 22.8 Å². The summed E-state index contributed by atoms with van der Waals surface area (Å²) in [6, 6.07) is 10.5. The van der Waals surface area contributed by atoms with Crippen molar-refractivity contribution < 1.29 is 23.5 Å². The normalized spacial score (nSPS) is 15.1. The van der Waals surface area contributed by atoms with Gasteiger partial charge in [-0.2, -0.15) is 5.10 Å². The smallest absolute Gasteiger partial charge is 0.352 e. The summed E-state index contributed by atoms with van der Waals surface area (Å²) in [5, 5.41) is 18.7. The van der Waals surface area contributed by atoms with Crippen molar-refractivity contribution in [2.75, 3.05) is 10.6 Å². The third kappa shape index (κ3) is 3.45. The number of benzene rings is 2. The van der Waals surface area contributed by atoms with Gasteiger partial charge in [0.25, 0.3) is 5.91 Å². The fourth-order valence-corrected chi connectivity index (χ4v) is 3.04. The Bertz CT molecular complexity index is 1140. The molecule has 0 saturated carbocycles. The molecule has 9 heteroatoms. The van der Waals surface area contributed by atoms with Crippen molar-refractivity contribution in [3.8, 4) is 0 Å². The van der Waals surface area contributed by atoms with E-state index in [1.807, 2.05) is 0 Å². The minimum Gasteiger partial charge on any atom is -0.477 e. The summed E-state index contributed by atoms with van der Waals surface area (Å²) >= 11 is 0. The maximum Gasteiger partial charge on any atom is 0.352 e. The molecule has 1 amide bonds. The number of aromatic nitrogens is 2. The molecule has 2 heterocycles. The van der Waals surface area contributed by atoms with Crippen molar-refractivity contribution in [1.82, 2.24) is 9.78 Å². The summed E-state index contributed by atoms with van der Waals surface area (Å²) in [5.74, 6) is -2.80. The highest BCUT2D eigenvalue weighted by Crippen LogP contribution is 2.32. The number of carbonyl (C=O) groups is 2. The second-order valence-electron chi connectivity index (χ2n) is 6.29. The molecule has 0 saturated heterocycles. The lowest BCUT2D eigenvalue weighted by Crippen LogP contribution is -2.25.